The molecule has 0 amide bonds. The van der Waals surface area contributed by atoms with Crippen LogP contribution in [0.1, 0.15) is 96.0 Å². The van der Waals surface area contributed by atoms with E-state index < -0.39 is 0 Å². The van der Waals surface area contributed by atoms with Crippen LogP contribution >= 0.6 is 0 Å². The van der Waals surface area contributed by atoms with Crippen LogP contribution in [0.2, 0.25) is 0 Å². The SMILES string of the molecule is C=Cc1cc(C(C)(C)C)cc(F)c1/C=C(COCC)/C(=C\C=N)c1cc(NC(/C=C(\C)CN(CCCCC)CC2CC2)=NC)c(=O)n(C)n1. The summed E-state index contributed by atoms with van der Waals surface area (Å²) in [6.45, 7) is 19.9. The van der Waals surface area contributed by atoms with Crippen LogP contribution in [0.4, 0.5) is 10.1 Å². The molecule has 0 unspecified atom stereocenters. The minimum absolute atomic E-state index is 0.139. The van der Waals surface area contributed by atoms with Gasteiger partial charge in [0, 0.05) is 51.1 Å². The molecule has 3 rings (SSSR count). The van der Waals surface area contributed by atoms with E-state index in [1.165, 1.54) is 36.8 Å². The molecule has 1 aliphatic carbocycles. The number of rotatable bonds is 18. The first-order valence-electron chi connectivity index (χ1n) is 17.5. The molecule has 1 fully saturated rings. The first kappa shape index (κ1) is 39.5. The average molecular weight is 673 g/mol. The first-order chi connectivity index (χ1) is 23.3. The number of benzene rings is 1. The van der Waals surface area contributed by atoms with Gasteiger partial charge < -0.3 is 15.5 Å². The summed E-state index contributed by atoms with van der Waals surface area (Å²) in [4.78, 5) is 20.3. The lowest BCUT2D eigenvalue weighted by Crippen LogP contribution is -2.30. The third kappa shape index (κ3) is 11.9. The van der Waals surface area contributed by atoms with E-state index in [4.69, 9.17) is 10.1 Å². The molecule has 9 heteroatoms. The van der Waals surface area contributed by atoms with Crippen LogP contribution in [-0.2, 0) is 17.2 Å². The monoisotopic (exact) mass is 672 g/mol. The van der Waals surface area contributed by atoms with Crippen molar-refractivity contribution in [3.8, 4) is 0 Å². The fraction of sp³-hybridized carbons (Fsp3) is 0.500. The maximum atomic E-state index is 15.8. The highest BCUT2D eigenvalue weighted by Crippen LogP contribution is 2.32. The van der Waals surface area contributed by atoms with Crippen molar-refractivity contribution in [2.45, 2.75) is 79.1 Å². The van der Waals surface area contributed by atoms with Crippen molar-refractivity contribution in [1.82, 2.24) is 14.7 Å². The zero-order chi connectivity index (χ0) is 36.1. The summed E-state index contributed by atoms with van der Waals surface area (Å²) >= 11 is 0. The number of aryl methyl sites for hydroxylation is 1. The van der Waals surface area contributed by atoms with Gasteiger partial charge in [-0.25, -0.2) is 9.07 Å². The third-order valence-electron chi connectivity index (χ3n) is 8.61. The number of aliphatic imine (C=N–C) groups is 1. The van der Waals surface area contributed by atoms with Gasteiger partial charge in [-0.3, -0.25) is 14.7 Å². The Kier molecular flexibility index (Phi) is 15.1. The lowest BCUT2D eigenvalue weighted by Gasteiger charge is -2.23. The Morgan fingerprint density at radius 1 is 1.24 bits per heavy atom. The molecule has 0 bridgehead atoms. The fourth-order valence-electron chi connectivity index (χ4n) is 5.66. The molecule has 266 valence electrons. The van der Waals surface area contributed by atoms with Gasteiger partial charge in [-0.15, -0.1) is 0 Å². The highest BCUT2D eigenvalue weighted by atomic mass is 19.1. The Hall–Kier alpha value is -3.95. The van der Waals surface area contributed by atoms with E-state index in [2.05, 4.69) is 40.7 Å². The van der Waals surface area contributed by atoms with Gasteiger partial charge >= 0.3 is 0 Å². The summed E-state index contributed by atoms with van der Waals surface area (Å²) in [5, 5.41) is 15.8. The molecule has 0 saturated heterocycles. The smallest absolute Gasteiger partial charge is 0.290 e. The average Bonchev–Trinajstić information content (AvgIpc) is 3.87. The molecule has 1 saturated carbocycles. The fourth-order valence-corrected chi connectivity index (χ4v) is 5.66. The van der Waals surface area contributed by atoms with Gasteiger partial charge in [0.05, 0.1) is 12.3 Å². The Bertz CT molecular complexity index is 1640. The summed E-state index contributed by atoms with van der Waals surface area (Å²) in [6.07, 6.45) is 14.3. The molecule has 1 heterocycles. The van der Waals surface area contributed by atoms with Gasteiger partial charge in [0.25, 0.3) is 5.56 Å². The zero-order valence-electron chi connectivity index (χ0n) is 31.0. The minimum Gasteiger partial charge on any atom is -0.377 e. The summed E-state index contributed by atoms with van der Waals surface area (Å²) in [6, 6.07) is 5.16. The standard InChI is InChI=1S/C40H57FN6O2/c1-10-13-14-19-47(26-29-15-16-29)25-28(4)20-38(43-8)44-37-24-36(45-46(9)39(37)48)33(17-18-42)31(27-49-12-3)22-34-30(11-2)21-32(23-35(34)41)40(5,6)7/h11,17-18,20-24,29,42H,2,10,12-16,19,25-27H2,1,3-9H3,(H,43,44)/b28-20+,31-22+,33-17+,42-18?. The van der Waals surface area contributed by atoms with Crippen molar-refractivity contribution >= 4 is 35.5 Å². The number of unbranched alkanes of at least 4 members (excludes halogenated alkanes) is 2. The molecular weight excluding hydrogens is 615 g/mol. The number of amidine groups is 1. The van der Waals surface area contributed by atoms with Crippen LogP contribution in [0.15, 0.2) is 57.9 Å². The van der Waals surface area contributed by atoms with Crippen molar-refractivity contribution in [3.05, 3.63) is 86.6 Å². The number of aromatic nitrogens is 2. The van der Waals surface area contributed by atoms with Gasteiger partial charge in [-0.1, -0.05) is 64.8 Å². The summed E-state index contributed by atoms with van der Waals surface area (Å²) < 4.78 is 22.9. The summed E-state index contributed by atoms with van der Waals surface area (Å²) in [5.74, 6) is 0.983. The van der Waals surface area contributed by atoms with Crippen LogP contribution in [0.3, 0.4) is 0 Å². The molecule has 49 heavy (non-hydrogen) atoms. The highest BCUT2D eigenvalue weighted by molar-refractivity contribution is 6.04. The van der Waals surface area contributed by atoms with Crippen LogP contribution < -0.4 is 10.9 Å². The zero-order valence-corrected chi connectivity index (χ0v) is 31.0. The van der Waals surface area contributed by atoms with Crippen molar-refractivity contribution in [1.29, 1.82) is 5.41 Å². The van der Waals surface area contributed by atoms with Gasteiger partial charge in [-0.2, -0.15) is 5.10 Å². The van der Waals surface area contributed by atoms with Crippen molar-refractivity contribution in [2.75, 3.05) is 45.2 Å². The van der Waals surface area contributed by atoms with E-state index in [0.29, 0.717) is 40.4 Å². The molecule has 1 aromatic carbocycles. The lowest BCUT2D eigenvalue weighted by molar-refractivity contribution is 0.174. The lowest BCUT2D eigenvalue weighted by atomic mass is 9.84. The summed E-state index contributed by atoms with van der Waals surface area (Å²) in [7, 11) is 3.28. The number of hydrogen-bond acceptors (Lipinski definition) is 6. The Morgan fingerprint density at radius 2 is 1.98 bits per heavy atom. The number of nitrogens with zero attached hydrogens (tertiary/aromatic N) is 4. The molecule has 1 aromatic heterocycles. The third-order valence-corrected chi connectivity index (χ3v) is 8.61. The van der Waals surface area contributed by atoms with Crippen LogP contribution in [0.25, 0.3) is 17.7 Å². The normalized spacial score (nSPS) is 14.8. The van der Waals surface area contributed by atoms with Crippen LogP contribution in [-0.4, -0.2) is 66.6 Å². The Labute approximate surface area is 293 Å². The first-order valence-corrected chi connectivity index (χ1v) is 17.5. The molecule has 0 spiro atoms. The van der Waals surface area contributed by atoms with E-state index in [0.717, 1.165) is 42.9 Å². The predicted octanol–water partition coefficient (Wildman–Crippen LogP) is 8.30. The summed E-state index contributed by atoms with van der Waals surface area (Å²) in [5.41, 5.74) is 4.29. The number of halogens is 1. The van der Waals surface area contributed by atoms with E-state index in [1.54, 1.807) is 44.5 Å². The number of anilines is 1. The second kappa shape index (κ2) is 18.7. The molecule has 8 nitrogen and oxygen atoms in total. The van der Waals surface area contributed by atoms with Crippen molar-refractivity contribution in [2.24, 2.45) is 18.0 Å². The van der Waals surface area contributed by atoms with E-state index in [1.807, 2.05) is 39.8 Å². The van der Waals surface area contributed by atoms with Gasteiger partial charge in [0.1, 0.15) is 17.3 Å². The van der Waals surface area contributed by atoms with Crippen molar-refractivity contribution in [3.63, 3.8) is 0 Å². The minimum atomic E-state index is -0.381. The van der Waals surface area contributed by atoms with Crippen LogP contribution in [0.5, 0.6) is 0 Å². The molecule has 0 atom stereocenters. The second-order valence-corrected chi connectivity index (χ2v) is 14.0. The van der Waals surface area contributed by atoms with Crippen molar-refractivity contribution < 1.29 is 9.13 Å². The van der Waals surface area contributed by atoms with Gasteiger partial charge in [-0.05, 0) is 98.0 Å². The molecule has 0 aliphatic heterocycles. The topological polar surface area (TPSA) is 95.6 Å². The molecule has 0 radical (unpaired) electrons. The van der Waals surface area contributed by atoms with Gasteiger partial charge in [0.15, 0.2) is 0 Å². The van der Waals surface area contributed by atoms with Gasteiger partial charge in [0.2, 0.25) is 0 Å². The maximum Gasteiger partial charge on any atom is 0.290 e. The Morgan fingerprint density at radius 3 is 2.57 bits per heavy atom. The van der Waals surface area contributed by atoms with E-state index in [-0.39, 0.29) is 29.1 Å². The van der Waals surface area contributed by atoms with E-state index in [9.17, 15) is 4.79 Å². The maximum absolute atomic E-state index is 15.8. The molecular formula is C40H57FN6O2. The Balaban J connectivity index is 2.02. The molecule has 2 aromatic rings. The molecule has 2 N–H and O–H groups in total. The molecule has 1 aliphatic rings. The predicted molar refractivity (Wildman–Crippen MR) is 205 cm³/mol. The van der Waals surface area contributed by atoms with Crippen LogP contribution in [0, 0.1) is 17.1 Å². The largest absolute Gasteiger partial charge is 0.377 e. The van der Waals surface area contributed by atoms with E-state index >= 15 is 4.39 Å². The number of allylic oxidation sites excluding steroid dienone is 1. The number of ether oxygens (including phenoxy) is 1. The second-order valence-electron chi connectivity index (χ2n) is 14.0. The highest BCUT2D eigenvalue weighted by Gasteiger charge is 2.24. The quantitative estimate of drug-likeness (QED) is 0.0719. The number of nitrogens with one attached hydrogen (secondary N) is 2. The number of hydrogen-bond donors (Lipinski definition) is 2.